The molecule has 6 heteroatoms. The number of aliphatic imine (C=N–C) groups is 1. The summed E-state index contributed by atoms with van der Waals surface area (Å²) in [5.41, 5.74) is 6.54. The van der Waals surface area contributed by atoms with E-state index in [1.165, 1.54) is 0 Å². The molecule has 2 aromatic rings. The number of hydrogen-bond acceptors (Lipinski definition) is 4. The van der Waals surface area contributed by atoms with Gasteiger partial charge in [-0.1, -0.05) is 54.1 Å². The van der Waals surface area contributed by atoms with Crippen LogP contribution >= 0.6 is 11.6 Å². The van der Waals surface area contributed by atoms with Gasteiger partial charge in [-0.25, -0.2) is 4.99 Å². The van der Waals surface area contributed by atoms with Gasteiger partial charge in [-0.15, -0.1) is 0 Å². The minimum atomic E-state index is 0.0500. The van der Waals surface area contributed by atoms with Gasteiger partial charge in [0, 0.05) is 41.7 Å². The van der Waals surface area contributed by atoms with Crippen LogP contribution in [0.25, 0.3) is 11.0 Å². The van der Waals surface area contributed by atoms with Crippen molar-refractivity contribution in [3.8, 4) is 0 Å². The van der Waals surface area contributed by atoms with Gasteiger partial charge in [0.1, 0.15) is 11.0 Å². The van der Waals surface area contributed by atoms with E-state index < -0.39 is 0 Å². The van der Waals surface area contributed by atoms with Crippen LogP contribution in [0, 0.1) is 0 Å². The van der Waals surface area contributed by atoms with Crippen molar-refractivity contribution in [1.29, 1.82) is 0 Å². The van der Waals surface area contributed by atoms with Crippen LogP contribution in [0.1, 0.15) is 17.3 Å². The summed E-state index contributed by atoms with van der Waals surface area (Å²) in [6.45, 7) is 7.70. The van der Waals surface area contributed by atoms with Gasteiger partial charge >= 0.3 is 0 Å². The van der Waals surface area contributed by atoms with Crippen LogP contribution in [0.15, 0.2) is 59.6 Å². The Labute approximate surface area is 164 Å². The number of amides is 1. The van der Waals surface area contributed by atoms with Crippen molar-refractivity contribution in [2.75, 3.05) is 19.6 Å². The summed E-state index contributed by atoms with van der Waals surface area (Å²) in [4.78, 5) is 21.0. The fourth-order valence-electron chi connectivity index (χ4n) is 3.44. The third kappa shape index (κ3) is 3.98. The van der Waals surface area contributed by atoms with Gasteiger partial charge < -0.3 is 15.5 Å². The molecule has 0 aromatic heterocycles. The number of carbonyl (C=O) groups is 1. The minimum Gasteiger partial charge on any atom is -0.389 e. The van der Waals surface area contributed by atoms with Crippen LogP contribution in [0.5, 0.6) is 0 Å². The average molecular weight is 383 g/mol. The minimum absolute atomic E-state index is 0.0500. The van der Waals surface area contributed by atoms with Crippen LogP contribution in [0.4, 0.5) is 0 Å². The Hall–Kier alpha value is -2.79. The number of benzene rings is 2. The molecule has 0 spiro atoms. The quantitative estimate of drug-likeness (QED) is 0.647. The molecule has 2 N–H and O–H groups in total. The number of hydrogen-bond donors (Lipinski definition) is 1. The topological polar surface area (TPSA) is 61.9 Å². The molecule has 0 saturated carbocycles. The number of rotatable bonds is 3. The molecular weight excluding hydrogens is 360 g/mol. The normalized spacial score (nSPS) is 19.4. The van der Waals surface area contributed by atoms with E-state index in [0.29, 0.717) is 25.2 Å². The number of halogens is 1. The summed E-state index contributed by atoms with van der Waals surface area (Å²) in [7, 11) is 0. The van der Waals surface area contributed by atoms with Crippen LogP contribution in [-0.4, -0.2) is 48.1 Å². The van der Waals surface area contributed by atoms with Crippen molar-refractivity contribution in [2.45, 2.75) is 13.0 Å². The average Bonchev–Trinajstić information content (AvgIpc) is 2.70. The first-order chi connectivity index (χ1) is 13.0. The molecule has 1 amide bonds. The van der Waals surface area contributed by atoms with E-state index in [0.717, 1.165) is 16.3 Å². The first-order valence-electron chi connectivity index (χ1n) is 8.85. The molecule has 140 valence electrons. The van der Waals surface area contributed by atoms with Crippen molar-refractivity contribution in [1.82, 2.24) is 9.80 Å². The largest absolute Gasteiger partial charge is 0.389 e. The molecule has 27 heavy (non-hydrogen) atoms. The van der Waals surface area contributed by atoms with E-state index in [2.05, 4.69) is 23.5 Å². The summed E-state index contributed by atoms with van der Waals surface area (Å²) in [5.74, 6) is 0.780. The molecular formula is C21H23ClN4O. The summed E-state index contributed by atoms with van der Waals surface area (Å²) in [6.07, 6.45) is 0. The number of carbonyl (C=O) groups excluding carboxylic acids is 1. The summed E-state index contributed by atoms with van der Waals surface area (Å²) >= 11 is 6.06. The van der Waals surface area contributed by atoms with E-state index in [-0.39, 0.29) is 17.1 Å². The number of piperazine rings is 1. The molecule has 1 fully saturated rings. The predicted octanol–water partition coefficient (Wildman–Crippen LogP) is 1.56. The van der Waals surface area contributed by atoms with Crippen molar-refractivity contribution in [2.24, 2.45) is 10.7 Å². The highest BCUT2D eigenvalue weighted by molar-refractivity contribution is 6.44. The second kappa shape index (κ2) is 8.27. The second-order valence-corrected chi connectivity index (χ2v) is 6.94. The Morgan fingerprint density at radius 3 is 2.33 bits per heavy atom. The number of nitrogens with two attached hydrogens (primary N) is 1. The van der Waals surface area contributed by atoms with Crippen molar-refractivity contribution < 1.29 is 4.79 Å². The lowest BCUT2D eigenvalue weighted by Crippen LogP contribution is -2.54. The van der Waals surface area contributed by atoms with Gasteiger partial charge in [-0.05, 0) is 25.8 Å². The molecule has 2 aromatic carbocycles. The Bertz CT molecular complexity index is 954. The lowest BCUT2D eigenvalue weighted by atomic mass is 10.1. The molecule has 1 saturated heterocycles. The number of nitrogens with zero attached hydrogens (tertiary/aromatic N) is 3. The standard InChI is InChI=1S/C21H23ClN4O/c1-15-14-25(21(27)16-8-4-3-5-9-16)12-13-26(15)20(24-2)18-11-7-6-10-17(18)19(22)23/h3-11,15H,2,12-14,23H2,1H3/b19-17-,20-18+/t15-/m1/s1. The van der Waals surface area contributed by atoms with Crippen LogP contribution in [0.3, 0.4) is 0 Å². The Kier molecular flexibility index (Phi) is 5.81. The molecule has 0 aliphatic carbocycles. The monoisotopic (exact) mass is 382 g/mol. The molecule has 0 radical (unpaired) electrons. The van der Waals surface area contributed by atoms with Crippen LogP contribution < -0.4 is 16.2 Å². The fraction of sp³-hybridized carbons (Fsp3) is 0.238. The summed E-state index contributed by atoms with van der Waals surface area (Å²) in [5, 5.41) is 1.79. The maximum atomic E-state index is 12.7. The first kappa shape index (κ1) is 19.0. The smallest absolute Gasteiger partial charge is 0.253 e. The second-order valence-electron chi connectivity index (χ2n) is 6.53. The Morgan fingerprint density at radius 1 is 1.11 bits per heavy atom. The van der Waals surface area contributed by atoms with E-state index in [1.807, 2.05) is 59.5 Å². The molecule has 5 nitrogen and oxygen atoms in total. The highest BCUT2D eigenvalue weighted by atomic mass is 35.5. The summed E-state index contributed by atoms with van der Waals surface area (Å²) in [6, 6.07) is 17.0. The SMILES string of the molecule is C=N/C(=c1/cccc/c1=C(/N)Cl)N1CCN(C(=O)c2ccccc2)C[C@H]1C. The van der Waals surface area contributed by atoms with Crippen molar-refractivity contribution in [3.05, 3.63) is 70.6 Å². The van der Waals surface area contributed by atoms with E-state index in [4.69, 9.17) is 17.3 Å². The molecule has 1 aliphatic rings. The van der Waals surface area contributed by atoms with Gasteiger partial charge in [-0.3, -0.25) is 4.79 Å². The third-order valence-electron chi connectivity index (χ3n) is 4.78. The third-order valence-corrected chi connectivity index (χ3v) is 4.99. The molecule has 3 rings (SSSR count). The highest BCUT2D eigenvalue weighted by Crippen LogP contribution is 2.18. The highest BCUT2D eigenvalue weighted by Gasteiger charge is 2.28. The molecule has 1 aliphatic heterocycles. The zero-order valence-corrected chi connectivity index (χ0v) is 16.1. The van der Waals surface area contributed by atoms with E-state index >= 15 is 0 Å². The fourth-order valence-corrected chi connectivity index (χ4v) is 3.60. The lowest BCUT2D eigenvalue weighted by molar-refractivity contribution is 0.0614. The van der Waals surface area contributed by atoms with Gasteiger partial charge in [0.25, 0.3) is 5.91 Å². The van der Waals surface area contributed by atoms with Gasteiger partial charge in [0.2, 0.25) is 0 Å². The molecule has 1 atom stereocenters. The Balaban J connectivity index is 1.91. The Morgan fingerprint density at radius 2 is 1.74 bits per heavy atom. The predicted molar refractivity (Wildman–Crippen MR) is 111 cm³/mol. The summed E-state index contributed by atoms with van der Waals surface area (Å²) < 4.78 is 0. The maximum absolute atomic E-state index is 12.7. The molecule has 0 unspecified atom stereocenters. The van der Waals surface area contributed by atoms with Crippen molar-refractivity contribution >= 4 is 35.2 Å². The van der Waals surface area contributed by atoms with Gasteiger partial charge in [-0.2, -0.15) is 0 Å². The van der Waals surface area contributed by atoms with Gasteiger partial charge in [0.15, 0.2) is 0 Å². The van der Waals surface area contributed by atoms with E-state index in [9.17, 15) is 4.79 Å². The van der Waals surface area contributed by atoms with E-state index in [1.54, 1.807) is 0 Å². The molecule has 0 bridgehead atoms. The van der Waals surface area contributed by atoms with Crippen LogP contribution in [0.2, 0.25) is 0 Å². The first-order valence-corrected chi connectivity index (χ1v) is 9.23. The maximum Gasteiger partial charge on any atom is 0.253 e. The lowest BCUT2D eigenvalue weighted by Gasteiger charge is -2.41. The molecule has 1 heterocycles. The zero-order chi connectivity index (χ0) is 19.4. The zero-order valence-electron chi connectivity index (χ0n) is 15.3. The van der Waals surface area contributed by atoms with Crippen molar-refractivity contribution in [3.63, 3.8) is 0 Å². The van der Waals surface area contributed by atoms with Crippen LogP contribution in [-0.2, 0) is 0 Å². The van der Waals surface area contributed by atoms with Gasteiger partial charge in [0.05, 0.1) is 0 Å².